The van der Waals surface area contributed by atoms with Gasteiger partial charge in [-0.25, -0.2) is 0 Å². The minimum atomic E-state index is -0.196. The second kappa shape index (κ2) is 6.84. The lowest BCUT2D eigenvalue weighted by molar-refractivity contribution is -0.124. The third-order valence-electron chi connectivity index (χ3n) is 5.99. The highest BCUT2D eigenvalue weighted by Gasteiger charge is 2.44. The molecule has 2 aromatic carbocycles. The molecule has 2 heterocycles. The molecule has 1 aliphatic carbocycles. The molecular weight excluding hydrogens is 382 g/mol. The van der Waals surface area contributed by atoms with E-state index in [0.29, 0.717) is 25.4 Å². The SMILES string of the molecule is CSc1ccc([C@@H]2c3cc4c(cc3NC3=CC(C)(C)CC(=O)[C@H]32)OCCO4)cc1. The van der Waals surface area contributed by atoms with E-state index in [1.54, 1.807) is 11.8 Å². The average molecular weight is 408 g/mol. The molecule has 29 heavy (non-hydrogen) atoms. The van der Waals surface area contributed by atoms with E-state index in [0.717, 1.165) is 34.0 Å². The van der Waals surface area contributed by atoms with Crippen LogP contribution in [0.5, 0.6) is 11.5 Å². The molecule has 0 saturated heterocycles. The van der Waals surface area contributed by atoms with Crippen LogP contribution in [0, 0.1) is 11.3 Å². The Hall–Kier alpha value is -2.40. The normalized spacial score (nSPS) is 24.1. The number of fused-ring (bicyclic) bond motifs is 3. The summed E-state index contributed by atoms with van der Waals surface area (Å²) in [6.07, 6.45) is 4.87. The fourth-order valence-corrected chi connectivity index (χ4v) is 5.17. The van der Waals surface area contributed by atoms with Crippen LogP contribution in [-0.4, -0.2) is 25.3 Å². The van der Waals surface area contributed by atoms with Crippen LogP contribution in [-0.2, 0) is 4.79 Å². The molecule has 5 heteroatoms. The highest BCUT2D eigenvalue weighted by molar-refractivity contribution is 7.98. The summed E-state index contributed by atoms with van der Waals surface area (Å²) in [5.74, 6) is 1.59. The number of hydrogen-bond donors (Lipinski definition) is 1. The zero-order valence-electron chi connectivity index (χ0n) is 17.0. The lowest BCUT2D eigenvalue weighted by Crippen LogP contribution is -2.39. The van der Waals surface area contributed by atoms with Crippen molar-refractivity contribution in [2.45, 2.75) is 31.1 Å². The smallest absolute Gasteiger partial charge is 0.163 e. The van der Waals surface area contributed by atoms with Gasteiger partial charge in [-0.1, -0.05) is 32.1 Å². The number of allylic oxidation sites excluding steroid dienone is 2. The highest BCUT2D eigenvalue weighted by Crippen LogP contribution is 2.52. The second-order valence-electron chi connectivity index (χ2n) is 8.67. The lowest BCUT2D eigenvalue weighted by atomic mass is 9.66. The van der Waals surface area contributed by atoms with Gasteiger partial charge >= 0.3 is 0 Å². The van der Waals surface area contributed by atoms with Gasteiger partial charge in [-0.2, -0.15) is 0 Å². The summed E-state index contributed by atoms with van der Waals surface area (Å²) < 4.78 is 11.7. The van der Waals surface area contributed by atoms with Crippen molar-refractivity contribution >= 4 is 23.2 Å². The number of anilines is 1. The number of Topliss-reactive ketones (excluding diaryl/α,β-unsaturated/α-hetero) is 1. The molecule has 0 aromatic heterocycles. The maximum atomic E-state index is 13.3. The maximum absolute atomic E-state index is 13.3. The van der Waals surface area contributed by atoms with Gasteiger partial charge in [0.25, 0.3) is 0 Å². The number of hydrogen-bond acceptors (Lipinski definition) is 5. The zero-order chi connectivity index (χ0) is 20.2. The Morgan fingerprint density at radius 3 is 2.41 bits per heavy atom. The lowest BCUT2D eigenvalue weighted by Gasteiger charge is -2.42. The third kappa shape index (κ3) is 3.21. The molecule has 0 amide bonds. The second-order valence-corrected chi connectivity index (χ2v) is 9.55. The summed E-state index contributed by atoms with van der Waals surface area (Å²) >= 11 is 1.72. The Kier molecular flexibility index (Phi) is 4.39. The first-order valence-electron chi connectivity index (χ1n) is 10.1. The van der Waals surface area contributed by atoms with E-state index in [-0.39, 0.29) is 17.3 Å². The molecule has 0 radical (unpaired) electrons. The Morgan fingerprint density at radius 1 is 1.03 bits per heavy atom. The van der Waals surface area contributed by atoms with Gasteiger partial charge in [0.1, 0.15) is 19.0 Å². The zero-order valence-corrected chi connectivity index (χ0v) is 17.8. The number of ketones is 1. The van der Waals surface area contributed by atoms with Crippen LogP contribution in [0.4, 0.5) is 5.69 Å². The fraction of sp³-hybridized carbons (Fsp3) is 0.375. The van der Waals surface area contributed by atoms with Crippen molar-refractivity contribution in [1.82, 2.24) is 0 Å². The van der Waals surface area contributed by atoms with E-state index >= 15 is 0 Å². The fourth-order valence-electron chi connectivity index (χ4n) is 4.76. The van der Waals surface area contributed by atoms with Crippen molar-refractivity contribution < 1.29 is 14.3 Å². The van der Waals surface area contributed by atoms with Crippen LogP contribution in [0.2, 0.25) is 0 Å². The molecule has 4 nitrogen and oxygen atoms in total. The van der Waals surface area contributed by atoms with Gasteiger partial charge in [-0.15, -0.1) is 11.8 Å². The van der Waals surface area contributed by atoms with Crippen molar-refractivity contribution in [1.29, 1.82) is 0 Å². The van der Waals surface area contributed by atoms with Crippen LogP contribution in [0.25, 0.3) is 0 Å². The van der Waals surface area contributed by atoms with E-state index in [9.17, 15) is 4.79 Å². The molecule has 0 fully saturated rings. The standard InChI is InChI=1S/C24H25NO3S/c1-24(2)12-18-23(19(26)13-24)22(14-4-6-15(29-3)7-5-14)16-10-20-21(11-17(16)25-18)28-9-8-27-20/h4-7,10-12,22-23,25H,8-9,13H2,1-3H3/t22-,23+/m1/s1. The van der Waals surface area contributed by atoms with E-state index in [2.05, 4.69) is 61.8 Å². The first kappa shape index (κ1) is 18.6. The Balaban J connectivity index is 1.70. The number of thioether (sulfide) groups is 1. The first-order valence-corrected chi connectivity index (χ1v) is 11.3. The van der Waals surface area contributed by atoms with Gasteiger partial charge in [-0.3, -0.25) is 4.79 Å². The average Bonchev–Trinajstić information content (AvgIpc) is 2.70. The Bertz CT molecular complexity index is 1010. The van der Waals surface area contributed by atoms with E-state index in [1.165, 1.54) is 4.90 Å². The van der Waals surface area contributed by atoms with Crippen LogP contribution < -0.4 is 14.8 Å². The molecule has 0 spiro atoms. The topological polar surface area (TPSA) is 47.6 Å². The molecule has 1 N–H and O–H groups in total. The number of carbonyl (C=O) groups is 1. The molecule has 0 bridgehead atoms. The van der Waals surface area contributed by atoms with Crippen LogP contribution >= 0.6 is 11.8 Å². The molecule has 2 atom stereocenters. The van der Waals surface area contributed by atoms with Crippen molar-refractivity contribution in [3.8, 4) is 11.5 Å². The monoisotopic (exact) mass is 407 g/mol. The van der Waals surface area contributed by atoms with Crippen LogP contribution in [0.15, 0.2) is 53.1 Å². The molecule has 2 aliphatic heterocycles. The van der Waals surface area contributed by atoms with Crippen LogP contribution in [0.3, 0.4) is 0 Å². The number of nitrogens with one attached hydrogen (secondary N) is 1. The molecule has 0 saturated carbocycles. The largest absolute Gasteiger partial charge is 0.486 e. The minimum Gasteiger partial charge on any atom is -0.486 e. The summed E-state index contributed by atoms with van der Waals surface area (Å²) in [4.78, 5) is 14.5. The van der Waals surface area contributed by atoms with Crippen molar-refractivity contribution in [3.63, 3.8) is 0 Å². The molecule has 150 valence electrons. The Labute approximate surface area is 175 Å². The third-order valence-corrected chi connectivity index (χ3v) is 6.74. The molecule has 3 aliphatic rings. The number of rotatable bonds is 2. The van der Waals surface area contributed by atoms with Gasteiger partial charge < -0.3 is 14.8 Å². The summed E-state index contributed by atoms with van der Waals surface area (Å²) in [6, 6.07) is 12.7. The first-order chi connectivity index (χ1) is 13.9. The van der Waals surface area contributed by atoms with E-state index in [4.69, 9.17) is 9.47 Å². The highest BCUT2D eigenvalue weighted by atomic mass is 32.2. The summed E-state index contributed by atoms with van der Waals surface area (Å²) in [6.45, 7) is 5.35. The van der Waals surface area contributed by atoms with Crippen molar-refractivity contribution in [3.05, 3.63) is 59.3 Å². The van der Waals surface area contributed by atoms with Gasteiger partial charge in [0, 0.05) is 34.7 Å². The van der Waals surface area contributed by atoms with E-state index < -0.39 is 0 Å². The minimum absolute atomic E-state index is 0.0344. The summed E-state index contributed by atoms with van der Waals surface area (Å²) in [5, 5.41) is 3.56. The number of ether oxygens (including phenoxy) is 2. The van der Waals surface area contributed by atoms with Crippen molar-refractivity contribution in [2.24, 2.45) is 11.3 Å². The van der Waals surface area contributed by atoms with Crippen LogP contribution in [0.1, 0.15) is 37.3 Å². The van der Waals surface area contributed by atoms with E-state index in [1.807, 2.05) is 6.07 Å². The number of benzene rings is 2. The summed E-state index contributed by atoms with van der Waals surface area (Å²) in [7, 11) is 0. The van der Waals surface area contributed by atoms with Gasteiger partial charge in [0.2, 0.25) is 0 Å². The maximum Gasteiger partial charge on any atom is 0.163 e. The van der Waals surface area contributed by atoms with Crippen molar-refractivity contribution in [2.75, 3.05) is 24.8 Å². The molecule has 5 rings (SSSR count). The van der Waals surface area contributed by atoms with Gasteiger partial charge in [-0.05, 0) is 41.0 Å². The summed E-state index contributed by atoms with van der Waals surface area (Å²) in [5.41, 5.74) is 4.12. The van der Waals surface area contributed by atoms with Gasteiger partial charge in [0.15, 0.2) is 11.5 Å². The molecule has 2 aromatic rings. The molecule has 0 unspecified atom stereocenters. The Morgan fingerprint density at radius 2 is 1.72 bits per heavy atom. The number of carbonyl (C=O) groups excluding carboxylic acids is 1. The quantitative estimate of drug-likeness (QED) is 0.690. The predicted octanol–water partition coefficient (Wildman–Crippen LogP) is 5.24. The predicted molar refractivity (Wildman–Crippen MR) is 116 cm³/mol. The van der Waals surface area contributed by atoms with Gasteiger partial charge in [0.05, 0.1) is 5.92 Å². The molecular formula is C24H25NO3S.